The molecule has 0 aliphatic heterocycles. The summed E-state index contributed by atoms with van der Waals surface area (Å²) in [5, 5.41) is 0. The number of nitrogen functional groups attached to an aromatic ring is 1. The number of hydrogen-bond donors (Lipinski definition) is 1. The van der Waals surface area contributed by atoms with Crippen molar-refractivity contribution in [3.8, 4) is 0 Å². The van der Waals surface area contributed by atoms with Gasteiger partial charge in [0.1, 0.15) is 5.65 Å². The molecule has 0 aromatic carbocycles. The Morgan fingerprint density at radius 2 is 2.05 bits per heavy atom. The number of carbonyl (C=O) groups excluding carboxylic acids is 1. The zero-order chi connectivity index (χ0) is 16.1. The van der Waals surface area contributed by atoms with Gasteiger partial charge in [-0.25, -0.2) is 4.98 Å². The van der Waals surface area contributed by atoms with E-state index in [2.05, 4.69) is 23.7 Å². The van der Waals surface area contributed by atoms with E-state index in [9.17, 15) is 4.79 Å². The van der Waals surface area contributed by atoms with Crippen molar-refractivity contribution in [2.45, 2.75) is 33.7 Å². The van der Waals surface area contributed by atoms with E-state index in [-0.39, 0.29) is 12.4 Å². The van der Waals surface area contributed by atoms with Crippen LogP contribution in [0.3, 0.4) is 0 Å². The van der Waals surface area contributed by atoms with Crippen molar-refractivity contribution < 1.29 is 9.53 Å². The molecule has 2 heterocycles. The van der Waals surface area contributed by atoms with E-state index in [4.69, 9.17) is 10.5 Å². The monoisotopic (exact) mass is 304 g/mol. The van der Waals surface area contributed by atoms with Gasteiger partial charge in [-0.2, -0.15) is 0 Å². The molecule has 0 spiro atoms. The lowest BCUT2D eigenvalue weighted by Gasteiger charge is -2.18. The highest BCUT2D eigenvalue weighted by atomic mass is 16.5. The number of esters is 1. The van der Waals surface area contributed by atoms with Gasteiger partial charge in [-0.15, -0.1) is 0 Å². The Bertz CT molecular complexity index is 647. The number of aromatic nitrogens is 2. The molecule has 0 fully saturated rings. The molecule has 6 nitrogen and oxygen atoms in total. The number of ether oxygens (including phenoxy) is 1. The highest BCUT2D eigenvalue weighted by molar-refractivity contribution is 5.72. The van der Waals surface area contributed by atoms with Gasteiger partial charge in [-0.1, -0.05) is 13.8 Å². The molecular formula is C16H24N4O2. The lowest BCUT2D eigenvalue weighted by atomic mass is 10.2. The summed E-state index contributed by atoms with van der Waals surface area (Å²) in [6.45, 7) is 9.02. The van der Waals surface area contributed by atoms with Gasteiger partial charge in [0.05, 0.1) is 24.4 Å². The molecule has 120 valence electrons. The summed E-state index contributed by atoms with van der Waals surface area (Å²) in [5.74, 6) is -0.250. The first kappa shape index (κ1) is 16.3. The Hall–Kier alpha value is -2.08. The van der Waals surface area contributed by atoms with Gasteiger partial charge in [-0.05, 0) is 32.1 Å². The van der Waals surface area contributed by atoms with E-state index in [1.54, 1.807) is 6.92 Å². The highest BCUT2D eigenvalue weighted by Crippen LogP contribution is 2.18. The minimum atomic E-state index is -0.250. The second-order valence-corrected chi connectivity index (χ2v) is 5.14. The van der Waals surface area contributed by atoms with Gasteiger partial charge in [0.15, 0.2) is 0 Å². The lowest BCUT2D eigenvalue weighted by molar-refractivity contribution is -0.142. The number of nitrogens with two attached hydrogens (primary N) is 1. The SMILES string of the molecule is CCOC(=O)Cc1nc2ccc(N)cn2c1CN(CC)CC. The van der Waals surface area contributed by atoms with Crippen LogP contribution in [0.2, 0.25) is 0 Å². The molecule has 2 aromatic heterocycles. The summed E-state index contributed by atoms with van der Waals surface area (Å²) in [6, 6.07) is 3.69. The molecule has 0 unspecified atom stereocenters. The number of anilines is 1. The Labute approximate surface area is 130 Å². The van der Waals surface area contributed by atoms with E-state index in [0.717, 1.165) is 36.7 Å². The predicted molar refractivity (Wildman–Crippen MR) is 86.6 cm³/mol. The first-order chi connectivity index (χ1) is 10.6. The van der Waals surface area contributed by atoms with Crippen LogP contribution >= 0.6 is 0 Å². The van der Waals surface area contributed by atoms with E-state index in [1.165, 1.54) is 0 Å². The highest BCUT2D eigenvalue weighted by Gasteiger charge is 2.17. The Morgan fingerprint density at radius 1 is 1.32 bits per heavy atom. The number of rotatable bonds is 7. The van der Waals surface area contributed by atoms with Crippen LogP contribution in [0.25, 0.3) is 5.65 Å². The summed E-state index contributed by atoms with van der Waals surface area (Å²) in [5.41, 5.74) is 9.13. The summed E-state index contributed by atoms with van der Waals surface area (Å²) >= 11 is 0. The Morgan fingerprint density at radius 3 is 2.68 bits per heavy atom. The molecule has 2 N–H and O–H groups in total. The third-order valence-corrected chi connectivity index (χ3v) is 3.71. The molecule has 6 heteroatoms. The fourth-order valence-corrected chi connectivity index (χ4v) is 2.48. The summed E-state index contributed by atoms with van der Waals surface area (Å²) in [7, 11) is 0. The van der Waals surface area contributed by atoms with Crippen molar-refractivity contribution in [3.63, 3.8) is 0 Å². The fourth-order valence-electron chi connectivity index (χ4n) is 2.48. The Kier molecular flexibility index (Phi) is 5.38. The third kappa shape index (κ3) is 3.57. The maximum Gasteiger partial charge on any atom is 0.311 e. The number of nitrogens with zero attached hydrogens (tertiary/aromatic N) is 3. The average molecular weight is 304 g/mol. The summed E-state index contributed by atoms with van der Waals surface area (Å²) in [4.78, 5) is 18.7. The standard InChI is InChI=1S/C16H24N4O2/c1-4-19(5-2)11-14-13(9-16(21)22-6-3)18-15-8-7-12(17)10-20(14)15/h7-8,10H,4-6,9,11,17H2,1-3H3. The number of pyridine rings is 1. The predicted octanol–water partition coefficient (Wildman–Crippen LogP) is 1.86. The van der Waals surface area contributed by atoms with Crippen LogP contribution in [0.15, 0.2) is 18.3 Å². The smallest absolute Gasteiger partial charge is 0.311 e. The topological polar surface area (TPSA) is 72.9 Å². The maximum atomic E-state index is 11.8. The van der Waals surface area contributed by atoms with Crippen molar-refractivity contribution in [2.24, 2.45) is 0 Å². The lowest BCUT2D eigenvalue weighted by Crippen LogP contribution is -2.24. The van der Waals surface area contributed by atoms with Crippen LogP contribution < -0.4 is 5.73 Å². The molecule has 0 atom stereocenters. The minimum Gasteiger partial charge on any atom is -0.466 e. The van der Waals surface area contributed by atoms with Crippen LogP contribution in [-0.2, 0) is 22.5 Å². The van der Waals surface area contributed by atoms with E-state index in [1.807, 2.05) is 22.7 Å². The maximum absolute atomic E-state index is 11.8. The molecule has 2 rings (SSSR count). The van der Waals surface area contributed by atoms with E-state index < -0.39 is 0 Å². The van der Waals surface area contributed by atoms with Gasteiger partial charge in [0.2, 0.25) is 0 Å². The summed E-state index contributed by atoms with van der Waals surface area (Å²) < 4.78 is 7.03. The molecule has 22 heavy (non-hydrogen) atoms. The van der Waals surface area contributed by atoms with Crippen LogP contribution in [0.1, 0.15) is 32.2 Å². The van der Waals surface area contributed by atoms with Crippen molar-refractivity contribution >= 4 is 17.3 Å². The molecule has 0 saturated carbocycles. The fraction of sp³-hybridized carbons (Fsp3) is 0.500. The molecular weight excluding hydrogens is 280 g/mol. The number of carbonyl (C=O) groups is 1. The van der Waals surface area contributed by atoms with Crippen molar-refractivity contribution in [3.05, 3.63) is 29.7 Å². The van der Waals surface area contributed by atoms with Crippen molar-refractivity contribution in [2.75, 3.05) is 25.4 Å². The van der Waals surface area contributed by atoms with Gasteiger partial charge in [-0.3, -0.25) is 9.69 Å². The largest absolute Gasteiger partial charge is 0.466 e. The minimum absolute atomic E-state index is 0.187. The second kappa shape index (κ2) is 7.26. The van der Waals surface area contributed by atoms with Crippen molar-refractivity contribution in [1.82, 2.24) is 14.3 Å². The molecule has 0 saturated heterocycles. The summed E-state index contributed by atoms with van der Waals surface area (Å²) in [6.07, 6.45) is 2.04. The van der Waals surface area contributed by atoms with E-state index >= 15 is 0 Å². The third-order valence-electron chi connectivity index (χ3n) is 3.71. The molecule has 0 bridgehead atoms. The normalized spacial score (nSPS) is 11.3. The number of hydrogen-bond acceptors (Lipinski definition) is 5. The van der Waals surface area contributed by atoms with Crippen LogP contribution in [0.4, 0.5) is 5.69 Å². The molecule has 0 radical (unpaired) electrons. The number of fused-ring (bicyclic) bond motifs is 1. The average Bonchev–Trinajstić information content (AvgIpc) is 2.81. The quantitative estimate of drug-likeness (QED) is 0.791. The first-order valence-corrected chi connectivity index (χ1v) is 7.72. The van der Waals surface area contributed by atoms with Gasteiger partial charge < -0.3 is 14.9 Å². The van der Waals surface area contributed by atoms with Crippen LogP contribution in [-0.4, -0.2) is 40.0 Å². The molecule has 2 aromatic rings. The number of imidazole rings is 1. The van der Waals surface area contributed by atoms with Crippen LogP contribution in [0, 0.1) is 0 Å². The Balaban J connectivity index is 2.42. The van der Waals surface area contributed by atoms with Gasteiger partial charge in [0, 0.05) is 18.4 Å². The van der Waals surface area contributed by atoms with Gasteiger partial charge in [0.25, 0.3) is 0 Å². The molecule has 0 aliphatic rings. The van der Waals surface area contributed by atoms with E-state index in [0.29, 0.717) is 12.3 Å². The zero-order valence-corrected chi connectivity index (χ0v) is 13.5. The van der Waals surface area contributed by atoms with Crippen molar-refractivity contribution in [1.29, 1.82) is 0 Å². The van der Waals surface area contributed by atoms with Crippen LogP contribution in [0.5, 0.6) is 0 Å². The zero-order valence-electron chi connectivity index (χ0n) is 13.5. The first-order valence-electron chi connectivity index (χ1n) is 7.72. The second-order valence-electron chi connectivity index (χ2n) is 5.14. The van der Waals surface area contributed by atoms with Gasteiger partial charge >= 0.3 is 5.97 Å². The molecule has 0 aliphatic carbocycles. The molecule has 0 amide bonds.